The molecule has 0 aliphatic carbocycles. The number of hydrogen-bond donors (Lipinski definition) is 0. The van der Waals surface area contributed by atoms with E-state index in [0.29, 0.717) is 18.7 Å². The summed E-state index contributed by atoms with van der Waals surface area (Å²) >= 11 is 0. The molecule has 0 N–H and O–H groups in total. The number of pyridine rings is 1. The fourth-order valence-corrected chi connectivity index (χ4v) is 2.54. The first-order valence-electron chi connectivity index (χ1n) is 7.12. The van der Waals surface area contributed by atoms with Crippen molar-refractivity contribution in [3.05, 3.63) is 38.3 Å². The van der Waals surface area contributed by atoms with E-state index in [4.69, 9.17) is 0 Å². The summed E-state index contributed by atoms with van der Waals surface area (Å²) in [4.78, 5) is 36.2. The standard InChI is InChI=1S/C14H19N3O4/c1-11-8-13(18)16(9-12(11)17(20)21)10-14(19)15-6-4-2-3-5-7-15/h8-9H,2-7,10H2,1H3. The zero-order valence-electron chi connectivity index (χ0n) is 12.1. The number of aromatic nitrogens is 1. The first-order valence-corrected chi connectivity index (χ1v) is 7.12. The van der Waals surface area contributed by atoms with Crippen molar-refractivity contribution in [2.45, 2.75) is 39.2 Å². The van der Waals surface area contributed by atoms with Gasteiger partial charge >= 0.3 is 0 Å². The zero-order valence-corrected chi connectivity index (χ0v) is 12.1. The van der Waals surface area contributed by atoms with E-state index in [9.17, 15) is 19.7 Å². The summed E-state index contributed by atoms with van der Waals surface area (Å²) < 4.78 is 1.12. The summed E-state index contributed by atoms with van der Waals surface area (Å²) in [7, 11) is 0. The van der Waals surface area contributed by atoms with E-state index in [2.05, 4.69) is 0 Å². The van der Waals surface area contributed by atoms with Crippen molar-refractivity contribution >= 4 is 11.6 Å². The molecular weight excluding hydrogens is 274 g/mol. The number of nitrogens with zero attached hydrogens (tertiary/aromatic N) is 3. The molecule has 21 heavy (non-hydrogen) atoms. The van der Waals surface area contributed by atoms with Crippen LogP contribution in [0.5, 0.6) is 0 Å². The molecule has 0 spiro atoms. The topological polar surface area (TPSA) is 85.5 Å². The molecule has 1 saturated heterocycles. The number of amides is 1. The van der Waals surface area contributed by atoms with Crippen molar-refractivity contribution in [2.75, 3.05) is 13.1 Å². The van der Waals surface area contributed by atoms with Crippen molar-refractivity contribution < 1.29 is 9.72 Å². The third-order valence-electron chi connectivity index (χ3n) is 3.77. The molecule has 114 valence electrons. The van der Waals surface area contributed by atoms with Crippen LogP contribution in [0.2, 0.25) is 0 Å². The van der Waals surface area contributed by atoms with Gasteiger partial charge in [-0.3, -0.25) is 24.3 Å². The van der Waals surface area contributed by atoms with Crippen LogP contribution in [-0.2, 0) is 11.3 Å². The van der Waals surface area contributed by atoms with E-state index < -0.39 is 4.92 Å². The largest absolute Gasteiger partial charge is 0.341 e. The molecule has 2 rings (SSSR count). The number of carbonyl (C=O) groups is 1. The minimum atomic E-state index is -0.540. The number of carbonyl (C=O) groups excluding carboxylic acids is 1. The number of nitro groups is 1. The highest BCUT2D eigenvalue weighted by Crippen LogP contribution is 2.15. The monoisotopic (exact) mass is 293 g/mol. The van der Waals surface area contributed by atoms with Crippen molar-refractivity contribution in [1.29, 1.82) is 0 Å². The van der Waals surface area contributed by atoms with Gasteiger partial charge in [-0.25, -0.2) is 0 Å². The maximum atomic E-state index is 12.2. The summed E-state index contributed by atoms with van der Waals surface area (Å²) in [5, 5.41) is 10.9. The predicted octanol–water partition coefficient (Wildman–Crippen LogP) is 1.47. The van der Waals surface area contributed by atoms with Gasteiger partial charge in [0.15, 0.2) is 0 Å². The van der Waals surface area contributed by atoms with Crippen LogP contribution in [-0.4, -0.2) is 33.4 Å². The van der Waals surface area contributed by atoms with Gasteiger partial charge in [0, 0.05) is 24.7 Å². The van der Waals surface area contributed by atoms with Gasteiger partial charge in [0.25, 0.3) is 11.2 Å². The molecule has 7 nitrogen and oxygen atoms in total. The van der Waals surface area contributed by atoms with Gasteiger partial charge in [-0.05, 0) is 19.8 Å². The first kappa shape index (κ1) is 15.2. The Bertz CT molecular complexity index is 601. The molecule has 1 aliphatic rings. The van der Waals surface area contributed by atoms with E-state index >= 15 is 0 Å². The maximum Gasteiger partial charge on any atom is 0.288 e. The normalized spacial score (nSPS) is 15.6. The second kappa shape index (κ2) is 6.51. The molecule has 1 fully saturated rings. The molecule has 1 aliphatic heterocycles. The Kier molecular flexibility index (Phi) is 4.72. The Morgan fingerprint density at radius 1 is 1.29 bits per heavy atom. The van der Waals surface area contributed by atoms with E-state index in [1.54, 1.807) is 4.90 Å². The quantitative estimate of drug-likeness (QED) is 0.624. The second-order valence-corrected chi connectivity index (χ2v) is 5.36. The van der Waals surface area contributed by atoms with Gasteiger partial charge in [-0.2, -0.15) is 0 Å². The molecule has 0 bridgehead atoms. The highest BCUT2D eigenvalue weighted by Gasteiger charge is 2.19. The van der Waals surface area contributed by atoms with Gasteiger partial charge < -0.3 is 4.90 Å². The Labute approximate surface area is 122 Å². The fraction of sp³-hybridized carbons (Fsp3) is 0.571. The Morgan fingerprint density at radius 3 is 2.48 bits per heavy atom. The van der Waals surface area contributed by atoms with Crippen LogP contribution in [0.1, 0.15) is 31.2 Å². The summed E-state index contributed by atoms with van der Waals surface area (Å²) in [6.45, 7) is 2.77. The van der Waals surface area contributed by atoms with Crippen LogP contribution >= 0.6 is 0 Å². The van der Waals surface area contributed by atoms with Crippen LogP contribution in [0, 0.1) is 17.0 Å². The number of rotatable bonds is 3. The van der Waals surface area contributed by atoms with Gasteiger partial charge in [0.1, 0.15) is 6.54 Å². The number of aryl methyl sites for hydroxylation is 1. The average molecular weight is 293 g/mol. The van der Waals surface area contributed by atoms with E-state index in [1.165, 1.54) is 13.0 Å². The van der Waals surface area contributed by atoms with Gasteiger partial charge in [0.2, 0.25) is 5.91 Å². The van der Waals surface area contributed by atoms with Crippen molar-refractivity contribution in [1.82, 2.24) is 9.47 Å². The van der Waals surface area contributed by atoms with Crippen molar-refractivity contribution in [2.24, 2.45) is 0 Å². The van der Waals surface area contributed by atoms with Gasteiger partial charge in [0.05, 0.1) is 11.1 Å². The molecule has 0 saturated carbocycles. The third-order valence-corrected chi connectivity index (χ3v) is 3.77. The summed E-state index contributed by atoms with van der Waals surface area (Å²) in [5.74, 6) is -0.155. The maximum absolute atomic E-state index is 12.2. The molecular formula is C14H19N3O4. The van der Waals surface area contributed by atoms with E-state index in [-0.39, 0.29) is 23.7 Å². The molecule has 7 heteroatoms. The second-order valence-electron chi connectivity index (χ2n) is 5.36. The Hall–Kier alpha value is -2.18. The molecule has 1 aromatic heterocycles. The van der Waals surface area contributed by atoms with Crippen LogP contribution in [0.3, 0.4) is 0 Å². The summed E-state index contributed by atoms with van der Waals surface area (Å²) in [6, 6.07) is 1.20. The molecule has 1 amide bonds. The first-order chi connectivity index (χ1) is 9.99. The molecule has 0 atom stereocenters. The average Bonchev–Trinajstić information content (AvgIpc) is 2.70. The summed E-state index contributed by atoms with van der Waals surface area (Å²) in [5.41, 5.74) is -0.219. The fourth-order valence-electron chi connectivity index (χ4n) is 2.54. The van der Waals surface area contributed by atoms with Crippen LogP contribution < -0.4 is 5.56 Å². The van der Waals surface area contributed by atoms with Crippen molar-refractivity contribution in [3.8, 4) is 0 Å². The van der Waals surface area contributed by atoms with Crippen LogP contribution in [0.25, 0.3) is 0 Å². The number of hydrogen-bond acceptors (Lipinski definition) is 4. The lowest BCUT2D eigenvalue weighted by atomic mass is 10.2. The molecule has 0 aromatic carbocycles. The smallest absolute Gasteiger partial charge is 0.288 e. The Morgan fingerprint density at radius 2 is 1.90 bits per heavy atom. The lowest BCUT2D eigenvalue weighted by Gasteiger charge is -2.20. The van der Waals surface area contributed by atoms with E-state index in [0.717, 1.165) is 36.4 Å². The highest BCUT2D eigenvalue weighted by molar-refractivity contribution is 5.76. The summed E-state index contributed by atoms with van der Waals surface area (Å²) in [6.07, 6.45) is 5.32. The van der Waals surface area contributed by atoms with Gasteiger partial charge in [-0.15, -0.1) is 0 Å². The SMILES string of the molecule is Cc1cc(=O)n(CC(=O)N2CCCCCC2)cc1[N+](=O)[O-]. The molecule has 0 radical (unpaired) electrons. The molecule has 1 aromatic rings. The molecule has 0 unspecified atom stereocenters. The van der Waals surface area contributed by atoms with E-state index in [1.807, 2.05) is 0 Å². The zero-order chi connectivity index (χ0) is 15.4. The third kappa shape index (κ3) is 3.68. The lowest BCUT2D eigenvalue weighted by Crippen LogP contribution is -2.37. The lowest BCUT2D eigenvalue weighted by molar-refractivity contribution is -0.385. The minimum absolute atomic E-state index is 0.139. The molecule has 2 heterocycles. The van der Waals surface area contributed by atoms with Crippen LogP contribution in [0.15, 0.2) is 17.1 Å². The minimum Gasteiger partial charge on any atom is -0.341 e. The number of likely N-dealkylation sites (tertiary alicyclic amines) is 1. The predicted molar refractivity (Wildman–Crippen MR) is 77.1 cm³/mol. The highest BCUT2D eigenvalue weighted by atomic mass is 16.6. The van der Waals surface area contributed by atoms with Crippen molar-refractivity contribution in [3.63, 3.8) is 0 Å². The Balaban J connectivity index is 2.18. The van der Waals surface area contributed by atoms with Gasteiger partial charge in [-0.1, -0.05) is 12.8 Å². The van der Waals surface area contributed by atoms with Crippen LogP contribution in [0.4, 0.5) is 5.69 Å².